The van der Waals surface area contributed by atoms with E-state index in [-0.39, 0.29) is 33.8 Å². The number of nitrogens with one attached hydrogen (secondary N) is 2. The van der Waals surface area contributed by atoms with Crippen LogP contribution >= 0.6 is 11.3 Å². The molecule has 14 heteroatoms. The molecular weight excluding hydrogens is 553 g/mol. The fraction of sp³-hybridized carbons (Fsp3) is 0.480. The predicted molar refractivity (Wildman–Crippen MR) is 141 cm³/mol. The SMILES string of the molecule is CCc1nc(N2C[C@H]3C[C@@H]2CN3)ccc1Nc1ncc(C(F)(F)F)c(-c2cc3c(s2)C(C)OCCS3(=O)=O)n1. The topological polar surface area (TPSA) is 109 Å². The molecule has 0 saturated carbocycles. The third-order valence-corrected chi connectivity index (χ3v) is 10.5. The van der Waals surface area contributed by atoms with Crippen LogP contribution in [0.15, 0.2) is 29.3 Å². The number of anilines is 3. The van der Waals surface area contributed by atoms with Gasteiger partial charge >= 0.3 is 6.18 Å². The van der Waals surface area contributed by atoms with E-state index in [0.717, 1.165) is 48.6 Å². The Balaban J connectivity index is 1.36. The number of thiophene rings is 1. The van der Waals surface area contributed by atoms with Crippen molar-refractivity contribution in [3.8, 4) is 10.6 Å². The molecule has 2 saturated heterocycles. The van der Waals surface area contributed by atoms with Crippen molar-refractivity contribution in [3.05, 3.63) is 40.5 Å². The second-order valence-corrected chi connectivity index (χ2v) is 13.1. The highest BCUT2D eigenvalue weighted by Gasteiger charge is 2.39. The van der Waals surface area contributed by atoms with Crippen molar-refractivity contribution in [2.45, 2.75) is 55.9 Å². The summed E-state index contributed by atoms with van der Waals surface area (Å²) in [7, 11) is -3.70. The number of ether oxygens (including phenoxy) is 1. The molecule has 0 amide bonds. The minimum absolute atomic E-state index is 0.00683. The van der Waals surface area contributed by atoms with E-state index in [1.807, 2.05) is 19.1 Å². The molecule has 6 heterocycles. The van der Waals surface area contributed by atoms with Crippen molar-refractivity contribution in [2.75, 3.05) is 35.7 Å². The fourth-order valence-corrected chi connectivity index (χ4v) is 8.33. The number of nitrogens with zero attached hydrogens (tertiary/aromatic N) is 4. The van der Waals surface area contributed by atoms with Gasteiger partial charge in [0.05, 0.1) is 50.2 Å². The van der Waals surface area contributed by atoms with Gasteiger partial charge in [-0.2, -0.15) is 13.2 Å². The van der Waals surface area contributed by atoms with Crippen LogP contribution in [-0.2, 0) is 27.2 Å². The number of sulfone groups is 1. The van der Waals surface area contributed by atoms with E-state index in [1.165, 1.54) is 6.07 Å². The average Bonchev–Trinajstić information content (AvgIpc) is 3.63. The van der Waals surface area contributed by atoms with E-state index >= 15 is 0 Å². The van der Waals surface area contributed by atoms with Gasteiger partial charge in [-0.25, -0.2) is 23.4 Å². The number of hydrogen-bond donors (Lipinski definition) is 2. The van der Waals surface area contributed by atoms with Gasteiger partial charge in [-0.1, -0.05) is 6.92 Å². The Morgan fingerprint density at radius 2 is 2.10 bits per heavy atom. The van der Waals surface area contributed by atoms with Gasteiger partial charge in [-0.15, -0.1) is 11.3 Å². The molecule has 3 aromatic rings. The lowest BCUT2D eigenvalue weighted by molar-refractivity contribution is -0.137. The maximum atomic E-state index is 14.0. The molecule has 3 aliphatic heterocycles. The minimum Gasteiger partial charge on any atom is -0.372 e. The van der Waals surface area contributed by atoms with Gasteiger partial charge in [-0.05, 0) is 38.0 Å². The summed E-state index contributed by atoms with van der Waals surface area (Å²) < 4.78 is 73.0. The normalized spacial score (nSPS) is 24.0. The third-order valence-electron chi connectivity index (χ3n) is 7.37. The number of fused-ring (bicyclic) bond motifs is 3. The number of halogens is 3. The minimum atomic E-state index is -4.74. The quantitative estimate of drug-likeness (QED) is 0.456. The summed E-state index contributed by atoms with van der Waals surface area (Å²) in [6, 6.07) is 5.89. The van der Waals surface area contributed by atoms with E-state index in [0.29, 0.717) is 29.1 Å². The molecule has 3 atom stereocenters. The summed E-state index contributed by atoms with van der Waals surface area (Å²) >= 11 is 0.942. The van der Waals surface area contributed by atoms with Gasteiger partial charge in [0.1, 0.15) is 11.4 Å². The number of aromatic nitrogens is 3. The number of pyridine rings is 1. The molecule has 3 aromatic heterocycles. The van der Waals surface area contributed by atoms with Crippen LogP contribution in [0.25, 0.3) is 10.6 Å². The van der Waals surface area contributed by atoms with Gasteiger partial charge in [0, 0.05) is 31.4 Å². The smallest absolute Gasteiger partial charge is 0.372 e. The number of aryl methyl sites for hydroxylation is 1. The molecule has 0 spiro atoms. The van der Waals surface area contributed by atoms with E-state index in [9.17, 15) is 21.6 Å². The number of rotatable bonds is 5. The lowest BCUT2D eigenvalue weighted by atomic mass is 10.2. The van der Waals surface area contributed by atoms with Crippen LogP contribution in [0.5, 0.6) is 0 Å². The molecule has 2 bridgehead atoms. The second kappa shape index (κ2) is 9.68. The average molecular weight is 581 g/mol. The van der Waals surface area contributed by atoms with Gasteiger partial charge in [0.25, 0.3) is 0 Å². The van der Waals surface area contributed by atoms with Crippen LogP contribution in [0.3, 0.4) is 0 Å². The Morgan fingerprint density at radius 3 is 2.79 bits per heavy atom. The van der Waals surface area contributed by atoms with Crippen molar-refractivity contribution in [1.82, 2.24) is 20.3 Å². The molecule has 39 heavy (non-hydrogen) atoms. The Bertz CT molecular complexity index is 1530. The van der Waals surface area contributed by atoms with Gasteiger partial charge < -0.3 is 20.3 Å². The molecular formula is C25H27F3N6O3S2. The largest absolute Gasteiger partial charge is 0.420 e. The molecule has 0 aromatic carbocycles. The first-order valence-electron chi connectivity index (χ1n) is 12.7. The maximum Gasteiger partial charge on any atom is 0.420 e. The second-order valence-electron chi connectivity index (χ2n) is 9.91. The molecule has 1 unspecified atom stereocenters. The van der Waals surface area contributed by atoms with Gasteiger partial charge in [-0.3, -0.25) is 0 Å². The first kappa shape index (κ1) is 26.4. The summed E-state index contributed by atoms with van der Waals surface area (Å²) in [5, 5.41) is 6.51. The van der Waals surface area contributed by atoms with E-state index in [2.05, 4.69) is 25.5 Å². The van der Waals surface area contributed by atoms with Crippen LogP contribution in [0.2, 0.25) is 0 Å². The van der Waals surface area contributed by atoms with Crippen molar-refractivity contribution in [1.29, 1.82) is 0 Å². The van der Waals surface area contributed by atoms with Crippen LogP contribution in [0.4, 0.5) is 30.6 Å². The Morgan fingerprint density at radius 1 is 1.28 bits per heavy atom. The maximum absolute atomic E-state index is 14.0. The Labute approximate surface area is 227 Å². The Kier molecular flexibility index (Phi) is 6.56. The summed E-state index contributed by atoms with van der Waals surface area (Å²) in [4.78, 5) is 15.7. The van der Waals surface area contributed by atoms with E-state index in [1.54, 1.807) is 6.92 Å². The molecule has 2 fully saturated rings. The lowest BCUT2D eigenvalue weighted by Gasteiger charge is -2.29. The predicted octanol–water partition coefficient (Wildman–Crippen LogP) is 4.34. The van der Waals surface area contributed by atoms with Crippen LogP contribution in [0, 0.1) is 0 Å². The monoisotopic (exact) mass is 580 g/mol. The van der Waals surface area contributed by atoms with Crippen LogP contribution < -0.4 is 15.5 Å². The number of hydrogen-bond acceptors (Lipinski definition) is 10. The molecule has 0 radical (unpaired) electrons. The zero-order valence-electron chi connectivity index (χ0n) is 21.2. The van der Waals surface area contributed by atoms with Gasteiger partial charge in [0.15, 0.2) is 9.84 Å². The molecule has 9 nitrogen and oxygen atoms in total. The standard InChI is InChI=1S/C25H27F3N6O3S2/c1-3-17-18(4-5-21(31-17)34-12-14-8-15(34)10-29-14)32-24-30-11-16(25(26,27)28)22(33-24)19-9-20-23(38-19)13(2)37-6-7-39(20,35)36/h4-5,9,11,13-15,29H,3,6-8,10,12H2,1-2H3,(H,30,32,33)/t13?,14-,15-/m1/s1. The van der Waals surface area contributed by atoms with Crippen molar-refractivity contribution >= 4 is 38.6 Å². The molecule has 208 valence electrons. The summed E-state index contributed by atoms with van der Waals surface area (Å²) in [5.74, 6) is 0.599. The lowest BCUT2D eigenvalue weighted by Crippen LogP contribution is -2.44. The number of alkyl halides is 3. The van der Waals surface area contributed by atoms with E-state index < -0.39 is 27.7 Å². The molecule has 3 aliphatic rings. The summed E-state index contributed by atoms with van der Waals surface area (Å²) in [6.45, 7) is 5.48. The van der Waals surface area contributed by atoms with Gasteiger partial charge in [0.2, 0.25) is 5.95 Å². The zero-order valence-corrected chi connectivity index (χ0v) is 22.9. The first-order chi connectivity index (χ1) is 18.5. The highest BCUT2D eigenvalue weighted by molar-refractivity contribution is 7.91. The Hall–Kier alpha value is -2.81. The van der Waals surface area contributed by atoms with Crippen molar-refractivity contribution < 1.29 is 26.3 Å². The third kappa shape index (κ3) is 4.87. The zero-order chi connectivity index (χ0) is 27.5. The number of piperazine rings is 1. The summed E-state index contributed by atoms with van der Waals surface area (Å²) in [5.41, 5.74) is -0.0878. The van der Waals surface area contributed by atoms with Crippen molar-refractivity contribution in [2.24, 2.45) is 0 Å². The first-order valence-corrected chi connectivity index (χ1v) is 15.2. The van der Waals surface area contributed by atoms with Crippen LogP contribution in [0.1, 0.15) is 42.5 Å². The molecule has 0 aliphatic carbocycles. The highest BCUT2D eigenvalue weighted by atomic mass is 32.2. The van der Waals surface area contributed by atoms with Crippen molar-refractivity contribution in [3.63, 3.8) is 0 Å². The molecule has 6 rings (SSSR count). The fourth-order valence-electron chi connectivity index (χ4n) is 5.38. The van der Waals surface area contributed by atoms with Crippen LogP contribution in [-0.4, -0.2) is 60.9 Å². The van der Waals surface area contributed by atoms with E-state index in [4.69, 9.17) is 9.72 Å². The highest BCUT2D eigenvalue weighted by Crippen LogP contribution is 2.44. The summed E-state index contributed by atoms with van der Waals surface area (Å²) in [6.07, 6.45) is -2.90. The molecule has 2 N–H and O–H groups in total.